The highest BCUT2D eigenvalue weighted by Crippen LogP contribution is 2.20. The summed E-state index contributed by atoms with van der Waals surface area (Å²) >= 11 is 0. The summed E-state index contributed by atoms with van der Waals surface area (Å²) in [5.41, 5.74) is 4.38. The predicted molar refractivity (Wildman–Crippen MR) is 70.0 cm³/mol. The molecule has 0 fully saturated rings. The molecule has 1 unspecified atom stereocenters. The van der Waals surface area contributed by atoms with Crippen molar-refractivity contribution in [3.63, 3.8) is 0 Å². The molecule has 1 N–H and O–H groups in total. The monoisotopic (exact) mass is 227 g/mol. The summed E-state index contributed by atoms with van der Waals surface area (Å²) in [4.78, 5) is 8.47. The number of nitrogens with zero attached hydrogens (tertiary/aromatic N) is 2. The van der Waals surface area contributed by atoms with Gasteiger partial charge in [-0.15, -0.1) is 0 Å². The quantitative estimate of drug-likeness (QED) is 0.874. The molecular weight excluding hydrogens is 210 g/mol. The van der Waals surface area contributed by atoms with Crippen LogP contribution in [0, 0.1) is 13.8 Å². The van der Waals surface area contributed by atoms with Crippen molar-refractivity contribution < 1.29 is 0 Å². The first-order valence-corrected chi connectivity index (χ1v) is 5.77. The Morgan fingerprint density at radius 2 is 1.76 bits per heavy atom. The molecule has 0 aliphatic rings. The van der Waals surface area contributed by atoms with Crippen LogP contribution >= 0.6 is 0 Å². The molecule has 0 saturated heterocycles. The smallest absolute Gasteiger partial charge is 0.0607 e. The van der Waals surface area contributed by atoms with Crippen LogP contribution in [0.2, 0.25) is 0 Å². The zero-order valence-corrected chi connectivity index (χ0v) is 10.4. The van der Waals surface area contributed by atoms with Gasteiger partial charge in [0.25, 0.3) is 0 Å². The third-order valence-corrected chi connectivity index (χ3v) is 2.80. The number of anilines is 1. The third-order valence-electron chi connectivity index (χ3n) is 2.80. The molecule has 0 amide bonds. The van der Waals surface area contributed by atoms with Gasteiger partial charge in [-0.3, -0.25) is 9.97 Å². The second-order valence-corrected chi connectivity index (χ2v) is 4.23. The van der Waals surface area contributed by atoms with Crippen LogP contribution in [0.1, 0.15) is 29.9 Å². The average molecular weight is 227 g/mol. The lowest BCUT2D eigenvalue weighted by Gasteiger charge is -2.17. The van der Waals surface area contributed by atoms with Gasteiger partial charge < -0.3 is 5.32 Å². The maximum absolute atomic E-state index is 4.45. The fourth-order valence-corrected chi connectivity index (χ4v) is 1.81. The van der Waals surface area contributed by atoms with Gasteiger partial charge in [-0.05, 0) is 50.6 Å². The van der Waals surface area contributed by atoms with Crippen molar-refractivity contribution >= 4 is 5.69 Å². The van der Waals surface area contributed by atoms with Crippen LogP contribution in [0.4, 0.5) is 5.69 Å². The average Bonchev–Trinajstić information content (AvgIpc) is 2.34. The van der Waals surface area contributed by atoms with Gasteiger partial charge in [-0.25, -0.2) is 0 Å². The first kappa shape index (κ1) is 11.6. The number of aromatic nitrogens is 2. The van der Waals surface area contributed by atoms with Gasteiger partial charge in [0.05, 0.1) is 11.4 Å². The van der Waals surface area contributed by atoms with Crippen LogP contribution < -0.4 is 5.32 Å². The molecule has 2 heterocycles. The van der Waals surface area contributed by atoms with Crippen molar-refractivity contribution in [1.29, 1.82) is 0 Å². The second kappa shape index (κ2) is 4.95. The molecule has 0 aliphatic carbocycles. The lowest BCUT2D eigenvalue weighted by atomic mass is 10.1. The summed E-state index contributed by atoms with van der Waals surface area (Å²) in [5, 5.41) is 3.46. The van der Waals surface area contributed by atoms with Gasteiger partial charge in [0, 0.05) is 24.1 Å². The van der Waals surface area contributed by atoms with Crippen LogP contribution in [0.25, 0.3) is 0 Å². The van der Waals surface area contributed by atoms with Crippen molar-refractivity contribution in [3.8, 4) is 0 Å². The second-order valence-electron chi connectivity index (χ2n) is 4.23. The fourth-order valence-electron chi connectivity index (χ4n) is 1.81. The van der Waals surface area contributed by atoms with Crippen molar-refractivity contribution in [1.82, 2.24) is 9.97 Å². The maximum Gasteiger partial charge on any atom is 0.0607 e. The molecule has 0 aromatic carbocycles. The molecule has 3 nitrogen and oxygen atoms in total. The molecule has 0 saturated carbocycles. The molecule has 2 aromatic rings. The van der Waals surface area contributed by atoms with E-state index in [0.717, 1.165) is 17.1 Å². The first-order chi connectivity index (χ1) is 8.16. The maximum atomic E-state index is 4.45. The Balaban J connectivity index is 2.16. The number of pyridine rings is 2. The van der Waals surface area contributed by atoms with Crippen molar-refractivity contribution in [2.45, 2.75) is 26.8 Å². The van der Waals surface area contributed by atoms with E-state index in [0.29, 0.717) is 0 Å². The molecule has 0 spiro atoms. The molecule has 0 radical (unpaired) electrons. The van der Waals surface area contributed by atoms with E-state index in [1.807, 2.05) is 44.4 Å². The summed E-state index contributed by atoms with van der Waals surface area (Å²) in [6.07, 6.45) is 3.63. The highest BCUT2D eigenvalue weighted by atomic mass is 14.9. The SMILES string of the molecule is Cc1ccc(NC(C)c2ccncc2)c(C)n1. The minimum absolute atomic E-state index is 0.251. The van der Waals surface area contributed by atoms with E-state index in [-0.39, 0.29) is 6.04 Å². The Hall–Kier alpha value is -1.90. The lowest BCUT2D eigenvalue weighted by molar-refractivity contribution is 0.874. The molecule has 2 aromatic heterocycles. The highest BCUT2D eigenvalue weighted by Gasteiger charge is 2.06. The lowest BCUT2D eigenvalue weighted by Crippen LogP contribution is -2.08. The van der Waals surface area contributed by atoms with Crippen LogP contribution in [-0.2, 0) is 0 Å². The van der Waals surface area contributed by atoms with Gasteiger partial charge in [-0.2, -0.15) is 0 Å². The van der Waals surface area contributed by atoms with Crippen LogP contribution in [-0.4, -0.2) is 9.97 Å². The zero-order valence-electron chi connectivity index (χ0n) is 10.4. The number of hydrogen-bond acceptors (Lipinski definition) is 3. The normalized spacial score (nSPS) is 12.2. The zero-order chi connectivity index (χ0) is 12.3. The minimum atomic E-state index is 0.251. The Bertz CT molecular complexity index is 494. The Kier molecular flexibility index (Phi) is 3.38. The van der Waals surface area contributed by atoms with Gasteiger partial charge in [-0.1, -0.05) is 0 Å². The molecule has 1 atom stereocenters. The predicted octanol–water partition coefficient (Wildman–Crippen LogP) is 3.27. The number of hydrogen-bond donors (Lipinski definition) is 1. The third kappa shape index (κ3) is 2.81. The number of rotatable bonds is 3. The molecular formula is C14H17N3. The fraction of sp³-hybridized carbons (Fsp3) is 0.286. The van der Waals surface area contributed by atoms with E-state index in [9.17, 15) is 0 Å². The minimum Gasteiger partial charge on any atom is -0.377 e. The molecule has 0 aliphatic heterocycles. The summed E-state index contributed by atoms with van der Waals surface area (Å²) in [7, 11) is 0. The van der Waals surface area contributed by atoms with Gasteiger partial charge in [0.1, 0.15) is 0 Å². The van der Waals surface area contributed by atoms with Crippen molar-refractivity contribution in [3.05, 3.63) is 53.6 Å². The summed E-state index contributed by atoms with van der Waals surface area (Å²) in [6, 6.07) is 8.40. The topological polar surface area (TPSA) is 37.8 Å². The van der Waals surface area contributed by atoms with E-state index >= 15 is 0 Å². The van der Waals surface area contributed by atoms with E-state index in [1.165, 1.54) is 5.56 Å². The number of aryl methyl sites for hydroxylation is 2. The van der Waals surface area contributed by atoms with Crippen molar-refractivity contribution in [2.24, 2.45) is 0 Å². The Morgan fingerprint density at radius 1 is 1.06 bits per heavy atom. The first-order valence-electron chi connectivity index (χ1n) is 5.77. The van der Waals surface area contributed by atoms with Crippen molar-refractivity contribution in [2.75, 3.05) is 5.32 Å². The molecule has 3 heteroatoms. The molecule has 88 valence electrons. The summed E-state index contributed by atoms with van der Waals surface area (Å²) in [5.74, 6) is 0. The summed E-state index contributed by atoms with van der Waals surface area (Å²) < 4.78 is 0. The largest absolute Gasteiger partial charge is 0.377 e. The Labute approximate surface area is 102 Å². The highest BCUT2D eigenvalue weighted by molar-refractivity contribution is 5.49. The molecule has 0 bridgehead atoms. The van der Waals surface area contributed by atoms with Gasteiger partial charge in [0.15, 0.2) is 0 Å². The van der Waals surface area contributed by atoms with Crippen LogP contribution in [0.15, 0.2) is 36.7 Å². The number of nitrogens with one attached hydrogen (secondary N) is 1. The van der Waals surface area contributed by atoms with Gasteiger partial charge in [0.2, 0.25) is 0 Å². The van der Waals surface area contributed by atoms with Gasteiger partial charge >= 0.3 is 0 Å². The Morgan fingerprint density at radius 3 is 2.41 bits per heavy atom. The van der Waals surface area contributed by atoms with Crippen LogP contribution in [0.5, 0.6) is 0 Å². The van der Waals surface area contributed by atoms with E-state index in [2.05, 4.69) is 28.3 Å². The van der Waals surface area contributed by atoms with E-state index in [1.54, 1.807) is 0 Å². The van der Waals surface area contributed by atoms with E-state index < -0.39 is 0 Å². The van der Waals surface area contributed by atoms with Crippen LogP contribution in [0.3, 0.4) is 0 Å². The molecule has 2 rings (SSSR count). The standard InChI is InChI=1S/C14H17N3/c1-10-4-5-14(12(3)16-10)17-11(2)13-6-8-15-9-7-13/h4-9,11,17H,1-3H3. The van der Waals surface area contributed by atoms with E-state index in [4.69, 9.17) is 0 Å². The summed E-state index contributed by atoms with van der Waals surface area (Å²) in [6.45, 7) is 6.16. The molecule has 17 heavy (non-hydrogen) atoms.